The molecule has 3 aromatic carbocycles. The Bertz CT molecular complexity index is 1460. The number of aliphatic carboxylic acids is 1. The van der Waals surface area contributed by atoms with Gasteiger partial charge in [0.2, 0.25) is 5.91 Å². The first-order valence-electron chi connectivity index (χ1n) is 15.3. The summed E-state index contributed by atoms with van der Waals surface area (Å²) in [5, 5.41) is 18.4. The Morgan fingerprint density at radius 1 is 0.915 bits per heavy atom. The molecule has 1 amide bonds. The van der Waals surface area contributed by atoms with Gasteiger partial charge in [0.1, 0.15) is 17.4 Å². The van der Waals surface area contributed by atoms with Crippen LogP contribution in [-0.4, -0.2) is 70.5 Å². The number of rotatable bonds is 8. The molecule has 9 nitrogen and oxygen atoms in total. The van der Waals surface area contributed by atoms with Crippen LogP contribution in [0.5, 0.6) is 5.75 Å². The summed E-state index contributed by atoms with van der Waals surface area (Å²) in [7, 11) is 0. The highest BCUT2D eigenvalue weighted by Crippen LogP contribution is 2.38. The standard InChI is InChI=1S/C32H34F3N3O4.C2H4O2.CH4/c33-32(34,35)29-22-28(10-11-30(29)38(40)41)42-27-14-20-37(21-15-27)31(39)16-19-36-17-12-26(13-18-36)25-8-6-24(7-9-25)23-4-2-1-3-5-23;1-2(3)4;/h1-11,22,26-27H,12-21H2;1H3,(H,3,4);1H4. The van der Waals surface area contributed by atoms with Crippen molar-refractivity contribution in [3.63, 3.8) is 0 Å². The van der Waals surface area contributed by atoms with Gasteiger partial charge in [0.05, 0.1) is 4.92 Å². The number of halogens is 3. The van der Waals surface area contributed by atoms with Gasteiger partial charge in [-0.25, -0.2) is 0 Å². The molecule has 5 rings (SSSR count). The van der Waals surface area contributed by atoms with Crippen LogP contribution in [0.4, 0.5) is 18.9 Å². The van der Waals surface area contributed by atoms with E-state index in [0.717, 1.165) is 38.9 Å². The Balaban J connectivity index is 0.00000114. The molecule has 2 aliphatic heterocycles. The third kappa shape index (κ3) is 10.8. The van der Waals surface area contributed by atoms with E-state index in [1.54, 1.807) is 4.90 Å². The molecule has 2 fully saturated rings. The smallest absolute Gasteiger partial charge is 0.423 e. The molecule has 0 bridgehead atoms. The van der Waals surface area contributed by atoms with Gasteiger partial charge in [-0.1, -0.05) is 62.0 Å². The van der Waals surface area contributed by atoms with Crippen LogP contribution in [0.2, 0.25) is 0 Å². The molecular weight excluding hydrogens is 615 g/mol. The van der Waals surface area contributed by atoms with Gasteiger partial charge in [-0.15, -0.1) is 0 Å². The van der Waals surface area contributed by atoms with Gasteiger partial charge < -0.3 is 19.6 Å². The number of amides is 1. The lowest BCUT2D eigenvalue weighted by molar-refractivity contribution is -0.388. The second kappa shape index (κ2) is 16.9. The summed E-state index contributed by atoms with van der Waals surface area (Å²) >= 11 is 0. The first kappa shape index (κ1) is 37.0. The van der Waals surface area contributed by atoms with Gasteiger partial charge in [-0.2, -0.15) is 13.2 Å². The normalized spacial score (nSPS) is 16.0. The fourth-order valence-electron chi connectivity index (χ4n) is 5.87. The van der Waals surface area contributed by atoms with Gasteiger partial charge in [-0.3, -0.25) is 19.7 Å². The molecule has 0 aromatic heterocycles. The minimum Gasteiger partial charge on any atom is -0.490 e. The van der Waals surface area contributed by atoms with Crippen LogP contribution < -0.4 is 4.74 Å². The van der Waals surface area contributed by atoms with Crippen LogP contribution in [0.15, 0.2) is 72.8 Å². The lowest BCUT2D eigenvalue weighted by Gasteiger charge is -2.34. The Morgan fingerprint density at radius 3 is 2.04 bits per heavy atom. The number of carbonyl (C=O) groups is 2. The van der Waals surface area contributed by atoms with Crippen LogP contribution in [0.25, 0.3) is 11.1 Å². The fraction of sp³-hybridized carbons (Fsp3) is 0.429. The van der Waals surface area contributed by atoms with E-state index in [2.05, 4.69) is 41.3 Å². The van der Waals surface area contributed by atoms with Crippen molar-refractivity contribution in [2.45, 2.75) is 64.7 Å². The lowest BCUT2D eigenvalue weighted by atomic mass is 9.88. The molecule has 2 aliphatic rings. The van der Waals surface area contributed by atoms with E-state index < -0.39 is 28.3 Å². The molecule has 0 radical (unpaired) electrons. The number of alkyl halides is 3. The van der Waals surface area contributed by atoms with Crippen molar-refractivity contribution in [1.82, 2.24) is 9.80 Å². The van der Waals surface area contributed by atoms with Crippen molar-refractivity contribution in [1.29, 1.82) is 0 Å². The molecule has 12 heteroatoms. The number of hydrogen-bond donors (Lipinski definition) is 1. The molecule has 0 saturated carbocycles. The molecule has 1 N–H and O–H groups in total. The Hall–Kier alpha value is -4.45. The highest BCUT2D eigenvalue weighted by molar-refractivity contribution is 5.76. The number of carboxylic acids is 1. The number of likely N-dealkylation sites (tertiary alicyclic amines) is 2. The van der Waals surface area contributed by atoms with Crippen molar-refractivity contribution in [3.8, 4) is 16.9 Å². The zero-order valence-electron chi connectivity index (χ0n) is 25.6. The summed E-state index contributed by atoms with van der Waals surface area (Å²) in [4.78, 5) is 35.9. The highest BCUT2D eigenvalue weighted by Gasteiger charge is 2.39. The zero-order valence-corrected chi connectivity index (χ0v) is 25.6. The van der Waals surface area contributed by atoms with Crippen LogP contribution >= 0.6 is 0 Å². The summed E-state index contributed by atoms with van der Waals surface area (Å²) in [6.45, 7) is 4.61. The molecule has 254 valence electrons. The monoisotopic (exact) mass is 657 g/mol. The SMILES string of the molecule is C.CC(=O)O.O=C(CCN1CCC(c2ccc(-c3ccccc3)cc2)CC1)N1CCC(Oc2ccc([N+](=O)[O-])c(C(F)(F)F)c2)CC1. The van der Waals surface area contributed by atoms with Crippen molar-refractivity contribution in [3.05, 3.63) is 94.0 Å². The number of carboxylic acid groups (broad SMARTS) is 1. The first-order valence-corrected chi connectivity index (χ1v) is 15.3. The molecule has 0 atom stereocenters. The number of nitrogens with zero attached hydrogens (tertiary/aromatic N) is 3. The van der Waals surface area contributed by atoms with Gasteiger partial charge >= 0.3 is 6.18 Å². The van der Waals surface area contributed by atoms with Gasteiger partial charge in [-0.05, 0) is 60.7 Å². The van der Waals surface area contributed by atoms with Crippen LogP contribution in [0, 0.1) is 10.1 Å². The summed E-state index contributed by atoms with van der Waals surface area (Å²) in [5.74, 6) is -0.307. The molecule has 3 aromatic rings. The van der Waals surface area contributed by atoms with E-state index in [9.17, 15) is 28.1 Å². The number of ether oxygens (including phenoxy) is 1. The summed E-state index contributed by atoms with van der Waals surface area (Å²) in [6.07, 6.45) is -1.71. The average molecular weight is 658 g/mol. The Kier molecular flexibility index (Phi) is 13.3. The zero-order chi connectivity index (χ0) is 33.3. The Morgan fingerprint density at radius 2 is 1.49 bits per heavy atom. The number of nitro benzene ring substituents is 1. The van der Waals surface area contributed by atoms with E-state index in [0.29, 0.717) is 50.9 Å². The van der Waals surface area contributed by atoms with Gasteiger partial charge in [0.15, 0.2) is 0 Å². The van der Waals surface area contributed by atoms with E-state index in [1.165, 1.54) is 22.8 Å². The van der Waals surface area contributed by atoms with Crippen molar-refractivity contribution in [2.24, 2.45) is 0 Å². The molecule has 0 aliphatic carbocycles. The maximum atomic E-state index is 13.3. The third-order valence-corrected chi connectivity index (χ3v) is 8.29. The predicted octanol–water partition coefficient (Wildman–Crippen LogP) is 7.65. The minimum absolute atomic E-state index is 0. The summed E-state index contributed by atoms with van der Waals surface area (Å²) in [6, 6.07) is 21.9. The number of carbonyl (C=O) groups excluding carboxylic acids is 1. The quantitative estimate of drug-likeness (QED) is 0.196. The van der Waals surface area contributed by atoms with Crippen molar-refractivity contribution < 1.29 is 37.5 Å². The largest absolute Gasteiger partial charge is 0.490 e. The van der Waals surface area contributed by atoms with Gasteiger partial charge in [0.25, 0.3) is 11.7 Å². The molecule has 0 spiro atoms. The average Bonchev–Trinajstić information content (AvgIpc) is 3.04. The lowest BCUT2D eigenvalue weighted by Crippen LogP contribution is -2.43. The van der Waals surface area contributed by atoms with E-state index in [4.69, 9.17) is 14.6 Å². The van der Waals surface area contributed by atoms with Crippen molar-refractivity contribution >= 4 is 17.6 Å². The highest BCUT2D eigenvalue weighted by atomic mass is 19.4. The van der Waals surface area contributed by atoms with Crippen LogP contribution in [0.1, 0.15) is 63.5 Å². The second-order valence-electron chi connectivity index (χ2n) is 11.5. The maximum Gasteiger partial charge on any atom is 0.423 e. The second-order valence-corrected chi connectivity index (χ2v) is 11.5. The predicted molar refractivity (Wildman–Crippen MR) is 173 cm³/mol. The van der Waals surface area contributed by atoms with E-state index in [-0.39, 0.29) is 25.2 Å². The molecule has 2 heterocycles. The first-order chi connectivity index (χ1) is 21.9. The van der Waals surface area contributed by atoms with E-state index in [1.807, 2.05) is 18.2 Å². The molecular formula is C35H42F3N3O6. The fourth-order valence-corrected chi connectivity index (χ4v) is 5.87. The summed E-state index contributed by atoms with van der Waals surface area (Å²) in [5.41, 5.74) is 1.45. The Labute approximate surface area is 273 Å². The topological polar surface area (TPSA) is 113 Å². The number of benzene rings is 3. The number of piperidine rings is 2. The summed E-state index contributed by atoms with van der Waals surface area (Å²) < 4.78 is 45.5. The van der Waals surface area contributed by atoms with Gasteiger partial charge in [0, 0.05) is 51.9 Å². The van der Waals surface area contributed by atoms with Crippen LogP contribution in [-0.2, 0) is 15.8 Å². The minimum atomic E-state index is -4.86. The number of hydrogen-bond acceptors (Lipinski definition) is 6. The molecule has 2 saturated heterocycles. The third-order valence-electron chi connectivity index (χ3n) is 8.29. The maximum absolute atomic E-state index is 13.3. The number of nitro groups is 1. The molecule has 47 heavy (non-hydrogen) atoms. The van der Waals surface area contributed by atoms with Crippen LogP contribution in [0.3, 0.4) is 0 Å². The molecule has 0 unspecified atom stereocenters. The van der Waals surface area contributed by atoms with Crippen molar-refractivity contribution in [2.75, 3.05) is 32.7 Å². The van der Waals surface area contributed by atoms with E-state index >= 15 is 0 Å².